The van der Waals surface area contributed by atoms with Crippen LogP contribution in [0.4, 0.5) is 0 Å². The highest BCUT2D eigenvalue weighted by molar-refractivity contribution is 9.10. The minimum atomic E-state index is -0.0605. The molecule has 3 nitrogen and oxygen atoms in total. The van der Waals surface area contributed by atoms with E-state index in [0.717, 1.165) is 16.6 Å². The fourth-order valence-corrected chi connectivity index (χ4v) is 2.60. The number of amides is 1. The van der Waals surface area contributed by atoms with Crippen molar-refractivity contribution in [1.82, 2.24) is 5.32 Å². The zero-order valence-electron chi connectivity index (χ0n) is 12.2. The number of carbonyl (C=O) groups is 1. The van der Waals surface area contributed by atoms with Crippen molar-refractivity contribution >= 4 is 21.8 Å². The number of nitrogens with one attached hydrogen (secondary N) is 1. The molecule has 22 heavy (non-hydrogen) atoms. The Morgan fingerprint density at radius 2 is 1.86 bits per heavy atom. The van der Waals surface area contributed by atoms with E-state index in [1.807, 2.05) is 42.5 Å². The molecular formula is C18H18BrNO2. The molecule has 1 N–H and O–H groups in total. The third-order valence-electron chi connectivity index (χ3n) is 3.72. The maximum Gasteiger partial charge on any atom is 0.255 e. The SMILES string of the molecule is O=C(NCC1CC1)c1ccccc1OCc1ccccc1Br. The van der Waals surface area contributed by atoms with Crippen LogP contribution in [0.15, 0.2) is 53.0 Å². The zero-order chi connectivity index (χ0) is 15.4. The smallest absolute Gasteiger partial charge is 0.255 e. The highest BCUT2D eigenvalue weighted by atomic mass is 79.9. The van der Waals surface area contributed by atoms with Gasteiger partial charge in [-0.05, 0) is 37.0 Å². The maximum atomic E-state index is 12.3. The molecule has 0 spiro atoms. The summed E-state index contributed by atoms with van der Waals surface area (Å²) in [5.74, 6) is 1.22. The summed E-state index contributed by atoms with van der Waals surface area (Å²) in [5.41, 5.74) is 1.64. The van der Waals surface area contributed by atoms with Crippen LogP contribution in [-0.4, -0.2) is 12.5 Å². The van der Waals surface area contributed by atoms with Gasteiger partial charge in [-0.25, -0.2) is 0 Å². The summed E-state index contributed by atoms with van der Waals surface area (Å²) in [6.45, 7) is 1.19. The summed E-state index contributed by atoms with van der Waals surface area (Å²) in [7, 11) is 0. The molecule has 0 bridgehead atoms. The second kappa shape index (κ2) is 6.97. The van der Waals surface area contributed by atoms with Gasteiger partial charge in [-0.2, -0.15) is 0 Å². The summed E-state index contributed by atoms with van der Waals surface area (Å²) in [6, 6.07) is 15.3. The lowest BCUT2D eigenvalue weighted by molar-refractivity contribution is 0.0947. The predicted molar refractivity (Wildman–Crippen MR) is 90.0 cm³/mol. The molecule has 2 aromatic rings. The molecule has 114 valence electrons. The van der Waals surface area contributed by atoms with E-state index in [2.05, 4.69) is 21.2 Å². The molecule has 1 amide bonds. The Balaban J connectivity index is 1.67. The van der Waals surface area contributed by atoms with Crippen LogP contribution in [0, 0.1) is 5.92 Å². The summed E-state index contributed by atoms with van der Waals surface area (Å²) < 4.78 is 6.86. The molecule has 0 aliphatic heterocycles. The van der Waals surface area contributed by atoms with Gasteiger partial charge in [0.1, 0.15) is 12.4 Å². The molecule has 0 atom stereocenters. The number of benzene rings is 2. The molecular weight excluding hydrogens is 342 g/mol. The quantitative estimate of drug-likeness (QED) is 0.840. The molecule has 3 rings (SSSR count). The van der Waals surface area contributed by atoms with Crippen molar-refractivity contribution < 1.29 is 9.53 Å². The van der Waals surface area contributed by atoms with E-state index in [4.69, 9.17) is 4.74 Å². The van der Waals surface area contributed by atoms with Crippen LogP contribution in [0.2, 0.25) is 0 Å². The van der Waals surface area contributed by atoms with Crippen LogP contribution in [-0.2, 0) is 6.61 Å². The van der Waals surface area contributed by atoms with Crippen molar-refractivity contribution in [1.29, 1.82) is 0 Å². The van der Waals surface area contributed by atoms with Gasteiger partial charge in [0.05, 0.1) is 5.56 Å². The van der Waals surface area contributed by atoms with Crippen LogP contribution in [0.3, 0.4) is 0 Å². The van der Waals surface area contributed by atoms with Gasteiger partial charge in [0.25, 0.3) is 5.91 Å². The first-order valence-electron chi connectivity index (χ1n) is 7.47. The second-order valence-corrected chi connectivity index (χ2v) is 6.38. The Kier molecular flexibility index (Phi) is 4.78. The Hall–Kier alpha value is -1.81. The number of para-hydroxylation sites is 1. The van der Waals surface area contributed by atoms with Crippen LogP contribution < -0.4 is 10.1 Å². The van der Waals surface area contributed by atoms with Crippen LogP contribution in [0.5, 0.6) is 5.75 Å². The molecule has 1 fully saturated rings. The summed E-state index contributed by atoms with van der Waals surface area (Å²) >= 11 is 3.51. The molecule has 1 saturated carbocycles. The number of ether oxygens (including phenoxy) is 1. The largest absolute Gasteiger partial charge is 0.488 e. The predicted octanol–water partition coefficient (Wildman–Crippen LogP) is 4.17. The highest BCUT2D eigenvalue weighted by Crippen LogP contribution is 2.28. The number of hydrogen-bond acceptors (Lipinski definition) is 2. The van der Waals surface area contributed by atoms with Gasteiger partial charge >= 0.3 is 0 Å². The average Bonchev–Trinajstić information content (AvgIpc) is 3.36. The first kappa shape index (κ1) is 15.1. The Bertz CT molecular complexity index is 668. The van der Waals surface area contributed by atoms with Gasteiger partial charge in [0.2, 0.25) is 0 Å². The van der Waals surface area contributed by atoms with E-state index in [0.29, 0.717) is 23.8 Å². The third-order valence-corrected chi connectivity index (χ3v) is 4.49. The van der Waals surface area contributed by atoms with Crippen molar-refractivity contribution in [2.24, 2.45) is 5.92 Å². The van der Waals surface area contributed by atoms with E-state index >= 15 is 0 Å². The monoisotopic (exact) mass is 359 g/mol. The average molecular weight is 360 g/mol. The van der Waals surface area contributed by atoms with E-state index in [-0.39, 0.29) is 5.91 Å². The lowest BCUT2D eigenvalue weighted by Crippen LogP contribution is -2.26. The Labute approximate surface area is 138 Å². The van der Waals surface area contributed by atoms with Gasteiger partial charge in [0, 0.05) is 16.6 Å². The lowest BCUT2D eigenvalue weighted by Gasteiger charge is -2.12. The third kappa shape index (κ3) is 3.89. The van der Waals surface area contributed by atoms with E-state index < -0.39 is 0 Å². The minimum Gasteiger partial charge on any atom is -0.488 e. The second-order valence-electron chi connectivity index (χ2n) is 5.53. The molecule has 1 aliphatic rings. The fourth-order valence-electron chi connectivity index (χ4n) is 2.21. The standard InChI is InChI=1S/C18H18BrNO2/c19-16-7-3-1-5-14(16)12-22-17-8-4-2-6-15(17)18(21)20-11-13-9-10-13/h1-8,13H,9-12H2,(H,20,21). The van der Waals surface area contributed by atoms with Crippen molar-refractivity contribution in [3.63, 3.8) is 0 Å². The Morgan fingerprint density at radius 1 is 1.14 bits per heavy atom. The molecule has 0 radical (unpaired) electrons. The Morgan fingerprint density at radius 3 is 2.64 bits per heavy atom. The fraction of sp³-hybridized carbons (Fsp3) is 0.278. The maximum absolute atomic E-state index is 12.3. The number of halogens is 1. The molecule has 2 aromatic carbocycles. The molecule has 0 heterocycles. The van der Waals surface area contributed by atoms with E-state index in [9.17, 15) is 4.79 Å². The van der Waals surface area contributed by atoms with Crippen molar-refractivity contribution in [2.45, 2.75) is 19.4 Å². The van der Waals surface area contributed by atoms with Gasteiger partial charge in [-0.3, -0.25) is 4.79 Å². The van der Waals surface area contributed by atoms with Crippen molar-refractivity contribution in [3.8, 4) is 5.75 Å². The van der Waals surface area contributed by atoms with Crippen molar-refractivity contribution in [2.75, 3.05) is 6.54 Å². The molecule has 0 unspecified atom stereocenters. The number of hydrogen-bond donors (Lipinski definition) is 1. The summed E-state index contributed by atoms with van der Waals surface area (Å²) in [6.07, 6.45) is 2.45. The summed E-state index contributed by atoms with van der Waals surface area (Å²) in [4.78, 5) is 12.3. The first-order chi connectivity index (χ1) is 10.7. The van der Waals surface area contributed by atoms with Gasteiger partial charge in [-0.15, -0.1) is 0 Å². The van der Waals surface area contributed by atoms with E-state index in [1.165, 1.54) is 12.8 Å². The number of carbonyl (C=O) groups excluding carboxylic acids is 1. The summed E-state index contributed by atoms with van der Waals surface area (Å²) in [5, 5.41) is 2.98. The van der Waals surface area contributed by atoms with Gasteiger partial charge in [0.15, 0.2) is 0 Å². The molecule has 0 saturated heterocycles. The zero-order valence-corrected chi connectivity index (χ0v) is 13.8. The molecule has 4 heteroatoms. The van der Waals surface area contributed by atoms with Crippen LogP contribution in [0.25, 0.3) is 0 Å². The van der Waals surface area contributed by atoms with E-state index in [1.54, 1.807) is 6.07 Å². The molecule has 1 aliphatic carbocycles. The van der Waals surface area contributed by atoms with Gasteiger partial charge in [-0.1, -0.05) is 46.3 Å². The topological polar surface area (TPSA) is 38.3 Å². The normalized spacial score (nSPS) is 13.7. The minimum absolute atomic E-state index is 0.0605. The number of rotatable bonds is 6. The van der Waals surface area contributed by atoms with Gasteiger partial charge < -0.3 is 10.1 Å². The first-order valence-corrected chi connectivity index (χ1v) is 8.27. The van der Waals surface area contributed by atoms with Crippen LogP contribution in [0.1, 0.15) is 28.8 Å². The van der Waals surface area contributed by atoms with Crippen molar-refractivity contribution in [3.05, 3.63) is 64.1 Å². The highest BCUT2D eigenvalue weighted by Gasteiger charge is 2.22. The molecule has 0 aromatic heterocycles. The lowest BCUT2D eigenvalue weighted by atomic mass is 10.2. The van der Waals surface area contributed by atoms with Crippen LogP contribution >= 0.6 is 15.9 Å².